The van der Waals surface area contributed by atoms with E-state index >= 15 is 0 Å². The summed E-state index contributed by atoms with van der Waals surface area (Å²) >= 11 is -2.34. The Hall–Kier alpha value is -2.25. The van der Waals surface area contributed by atoms with Crippen molar-refractivity contribution in [2.75, 3.05) is 0 Å². The summed E-state index contributed by atoms with van der Waals surface area (Å²) in [4.78, 5) is 10.2. The second-order valence-electron chi connectivity index (χ2n) is 4.02. The summed E-state index contributed by atoms with van der Waals surface area (Å²) in [5.74, 6) is 0.741. The number of benzene rings is 2. The van der Waals surface area contributed by atoms with Crippen LogP contribution >= 0.6 is 0 Å². The van der Waals surface area contributed by atoms with Gasteiger partial charge in [0.15, 0.2) is 0 Å². The normalized spacial score (nSPS) is 11.9. The minimum Gasteiger partial charge on any atom is -0.768 e. The van der Waals surface area contributed by atoms with Crippen molar-refractivity contribution < 1.29 is 18.4 Å². The van der Waals surface area contributed by atoms with Crippen LogP contribution in [-0.2, 0) is 11.1 Å². The molecule has 20 heavy (non-hydrogen) atoms. The molecule has 0 amide bonds. The van der Waals surface area contributed by atoms with Gasteiger partial charge in [0.05, 0.1) is 4.92 Å². The van der Waals surface area contributed by atoms with E-state index in [4.69, 9.17) is 4.74 Å². The quantitative estimate of drug-likeness (QED) is 0.490. The lowest BCUT2D eigenvalue weighted by atomic mass is 10.2. The lowest BCUT2D eigenvalue weighted by Gasteiger charge is -2.11. The summed E-state index contributed by atoms with van der Waals surface area (Å²) < 4.78 is 27.5. The molecule has 0 fully saturated rings. The summed E-state index contributed by atoms with van der Waals surface area (Å²) in [5, 5.41) is 10.5. The van der Waals surface area contributed by atoms with Crippen LogP contribution in [0.2, 0.25) is 0 Å². The van der Waals surface area contributed by atoms with Crippen LogP contribution in [0.5, 0.6) is 11.5 Å². The fourth-order valence-corrected chi connectivity index (χ4v) is 2.14. The van der Waals surface area contributed by atoms with E-state index in [1.165, 1.54) is 30.3 Å². The SMILES string of the molecule is Cc1ccc(Oc2ccc([N+](=O)[O-])cc2)cc1S(=O)[O-]. The third-order valence-electron chi connectivity index (χ3n) is 2.62. The van der Waals surface area contributed by atoms with Gasteiger partial charge in [0.1, 0.15) is 11.5 Å². The maximum absolute atomic E-state index is 11.0. The molecule has 0 heterocycles. The summed E-state index contributed by atoms with van der Waals surface area (Å²) in [7, 11) is 0. The van der Waals surface area contributed by atoms with Crippen molar-refractivity contribution in [1.82, 2.24) is 0 Å². The van der Waals surface area contributed by atoms with E-state index in [9.17, 15) is 18.9 Å². The largest absolute Gasteiger partial charge is 0.768 e. The molecule has 0 saturated carbocycles. The zero-order valence-electron chi connectivity index (χ0n) is 10.4. The summed E-state index contributed by atoms with van der Waals surface area (Å²) in [5.41, 5.74) is 0.581. The molecule has 0 aliphatic heterocycles. The Morgan fingerprint density at radius 1 is 1.10 bits per heavy atom. The molecule has 0 bridgehead atoms. The molecular weight excluding hydrogens is 282 g/mol. The van der Waals surface area contributed by atoms with Gasteiger partial charge in [-0.3, -0.25) is 14.3 Å². The van der Waals surface area contributed by atoms with Gasteiger partial charge < -0.3 is 9.29 Å². The van der Waals surface area contributed by atoms with Crippen molar-refractivity contribution in [3.63, 3.8) is 0 Å². The van der Waals surface area contributed by atoms with E-state index in [1.807, 2.05) is 0 Å². The molecule has 7 heteroatoms. The molecule has 2 aromatic carbocycles. The highest BCUT2D eigenvalue weighted by atomic mass is 32.2. The Morgan fingerprint density at radius 2 is 1.70 bits per heavy atom. The van der Waals surface area contributed by atoms with Gasteiger partial charge >= 0.3 is 0 Å². The van der Waals surface area contributed by atoms with Crippen molar-refractivity contribution in [2.45, 2.75) is 11.8 Å². The number of hydrogen-bond donors (Lipinski definition) is 0. The van der Waals surface area contributed by atoms with Crippen molar-refractivity contribution in [3.8, 4) is 11.5 Å². The Labute approximate surface area is 117 Å². The molecule has 0 spiro atoms. The maximum Gasteiger partial charge on any atom is 0.269 e. The molecule has 1 atom stereocenters. The molecule has 2 rings (SSSR count). The van der Waals surface area contributed by atoms with E-state index in [0.717, 1.165) is 0 Å². The predicted octanol–water partition coefficient (Wildman–Crippen LogP) is 2.93. The van der Waals surface area contributed by atoms with Crippen LogP contribution in [0.3, 0.4) is 0 Å². The van der Waals surface area contributed by atoms with Crippen LogP contribution in [0.25, 0.3) is 0 Å². The first-order chi connectivity index (χ1) is 9.47. The van der Waals surface area contributed by atoms with Gasteiger partial charge in [-0.2, -0.15) is 0 Å². The van der Waals surface area contributed by atoms with Gasteiger partial charge in [-0.1, -0.05) is 6.07 Å². The lowest BCUT2D eigenvalue weighted by molar-refractivity contribution is -0.384. The first-order valence-electron chi connectivity index (χ1n) is 5.59. The van der Waals surface area contributed by atoms with Gasteiger partial charge in [0.25, 0.3) is 5.69 Å². The molecule has 1 unspecified atom stereocenters. The molecule has 0 saturated heterocycles. The highest BCUT2D eigenvalue weighted by Crippen LogP contribution is 2.26. The van der Waals surface area contributed by atoms with E-state index in [0.29, 0.717) is 17.1 Å². The zero-order chi connectivity index (χ0) is 14.7. The van der Waals surface area contributed by atoms with E-state index in [2.05, 4.69) is 0 Å². The molecule has 0 radical (unpaired) electrons. The molecule has 0 aliphatic carbocycles. The van der Waals surface area contributed by atoms with Gasteiger partial charge in [0.2, 0.25) is 0 Å². The number of nitrogens with zero attached hydrogens (tertiary/aromatic N) is 1. The van der Waals surface area contributed by atoms with Crippen LogP contribution in [0.4, 0.5) is 5.69 Å². The second kappa shape index (κ2) is 5.81. The van der Waals surface area contributed by atoms with Crippen LogP contribution in [0.15, 0.2) is 47.4 Å². The van der Waals surface area contributed by atoms with E-state index < -0.39 is 16.0 Å². The molecule has 2 aromatic rings. The Morgan fingerprint density at radius 3 is 2.25 bits per heavy atom. The second-order valence-corrected chi connectivity index (χ2v) is 4.92. The van der Waals surface area contributed by atoms with Crippen LogP contribution < -0.4 is 4.74 Å². The highest BCUT2D eigenvalue weighted by molar-refractivity contribution is 7.79. The van der Waals surface area contributed by atoms with Gasteiger partial charge in [0, 0.05) is 17.0 Å². The standard InChI is InChI=1S/C13H11NO5S/c1-9-2-5-12(8-13(9)20(17)18)19-11-6-3-10(4-7-11)14(15)16/h2-8H,1H3,(H,17,18)/p-1. The lowest BCUT2D eigenvalue weighted by Crippen LogP contribution is -1.94. The summed E-state index contributed by atoms with van der Waals surface area (Å²) in [6.07, 6.45) is 0. The van der Waals surface area contributed by atoms with Crippen LogP contribution in [0, 0.1) is 17.0 Å². The maximum atomic E-state index is 11.0. The Kier molecular flexibility index (Phi) is 4.11. The molecule has 0 aliphatic rings. The minimum absolute atomic E-state index is 0.0393. The highest BCUT2D eigenvalue weighted by Gasteiger charge is 2.06. The molecule has 0 N–H and O–H groups in total. The molecule has 6 nitrogen and oxygen atoms in total. The number of rotatable bonds is 4. The molecular formula is C13H10NO5S-. The third-order valence-corrected chi connectivity index (χ3v) is 3.42. The third kappa shape index (κ3) is 3.19. The summed E-state index contributed by atoms with van der Waals surface area (Å²) in [6, 6.07) is 10.2. The number of aryl methyl sites for hydroxylation is 1. The van der Waals surface area contributed by atoms with E-state index in [1.54, 1.807) is 19.1 Å². The number of non-ortho nitro benzene ring substituents is 1. The topological polar surface area (TPSA) is 92.5 Å². The van der Waals surface area contributed by atoms with Gasteiger partial charge in [-0.05, 0) is 47.8 Å². The number of ether oxygens (including phenoxy) is 1. The van der Waals surface area contributed by atoms with Crippen molar-refractivity contribution in [2.24, 2.45) is 0 Å². The zero-order valence-corrected chi connectivity index (χ0v) is 11.3. The minimum atomic E-state index is -2.34. The van der Waals surface area contributed by atoms with Gasteiger partial charge in [-0.15, -0.1) is 0 Å². The smallest absolute Gasteiger partial charge is 0.269 e. The Balaban J connectivity index is 2.23. The number of nitro groups is 1. The van der Waals surface area contributed by atoms with Crippen LogP contribution in [-0.4, -0.2) is 13.7 Å². The first kappa shape index (κ1) is 14.2. The van der Waals surface area contributed by atoms with E-state index in [-0.39, 0.29) is 10.6 Å². The first-order valence-corrected chi connectivity index (χ1v) is 6.67. The fraction of sp³-hybridized carbons (Fsp3) is 0.0769. The fourth-order valence-electron chi connectivity index (χ4n) is 1.60. The molecule has 104 valence electrons. The Bertz CT molecular complexity index is 669. The van der Waals surface area contributed by atoms with Crippen molar-refractivity contribution in [1.29, 1.82) is 0 Å². The predicted molar refractivity (Wildman–Crippen MR) is 71.5 cm³/mol. The summed E-state index contributed by atoms with van der Waals surface area (Å²) in [6.45, 7) is 1.68. The number of nitro benzene ring substituents is 1. The molecule has 0 aromatic heterocycles. The average Bonchev–Trinajstić information content (AvgIpc) is 2.41. The average molecular weight is 292 g/mol. The van der Waals surface area contributed by atoms with Gasteiger partial charge in [-0.25, -0.2) is 0 Å². The van der Waals surface area contributed by atoms with Crippen molar-refractivity contribution in [3.05, 3.63) is 58.1 Å². The van der Waals surface area contributed by atoms with Crippen molar-refractivity contribution >= 4 is 16.8 Å². The monoisotopic (exact) mass is 292 g/mol. The van der Waals surface area contributed by atoms with Crippen LogP contribution in [0.1, 0.15) is 5.56 Å². The number of hydrogen-bond acceptors (Lipinski definition) is 5.